The summed E-state index contributed by atoms with van der Waals surface area (Å²) in [5, 5.41) is 3.28. The standard InChI is InChI=1S/C29H39NO8Si/c1-6-39(7-2,37-21(3)4)38-24-11-8-22(9-12-24)20-35-25-13-10-23-18-26(29(32)36-27(23)19-25)28(31)30-14-15-34-17-16-33-5/h8-13,18-19,21H,6-7,14-17,20H2,1-5H3,(H,30,31). The maximum absolute atomic E-state index is 12.4. The fraction of sp³-hybridized carbons (Fsp3) is 0.448. The number of fused-ring (bicyclic) bond motifs is 1. The fourth-order valence-corrected chi connectivity index (χ4v) is 6.56. The molecule has 212 valence electrons. The highest BCUT2D eigenvalue weighted by atomic mass is 28.4. The number of methoxy groups -OCH3 is 1. The molecule has 0 saturated carbocycles. The first-order chi connectivity index (χ1) is 18.8. The van der Waals surface area contributed by atoms with Crippen molar-refractivity contribution in [2.45, 2.75) is 52.5 Å². The van der Waals surface area contributed by atoms with Crippen molar-refractivity contribution in [3.8, 4) is 11.5 Å². The molecule has 0 saturated heterocycles. The highest BCUT2D eigenvalue weighted by Crippen LogP contribution is 2.26. The molecule has 0 spiro atoms. The first kappa shape index (κ1) is 30.4. The summed E-state index contributed by atoms with van der Waals surface area (Å²) in [6.45, 7) is 10.1. The largest absolute Gasteiger partial charge is 0.520 e. The zero-order chi connectivity index (χ0) is 28.3. The van der Waals surface area contributed by atoms with E-state index in [-0.39, 0.29) is 18.2 Å². The number of carbonyl (C=O) groups excluding carboxylic acids is 1. The van der Waals surface area contributed by atoms with Gasteiger partial charge in [0.2, 0.25) is 0 Å². The molecule has 10 heteroatoms. The Morgan fingerprint density at radius 2 is 1.69 bits per heavy atom. The smallest absolute Gasteiger partial charge is 0.398 e. The molecule has 0 aliphatic carbocycles. The lowest BCUT2D eigenvalue weighted by atomic mass is 10.1. The van der Waals surface area contributed by atoms with Crippen molar-refractivity contribution in [3.63, 3.8) is 0 Å². The van der Waals surface area contributed by atoms with Crippen LogP contribution in [0.3, 0.4) is 0 Å². The fourth-order valence-electron chi connectivity index (χ4n) is 3.97. The van der Waals surface area contributed by atoms with Crippen molar-refractivity contribution in [1.29, 1.82) is 0 Å². The van der Waals surface area contributed by atoms with Gasteiger partial charge in [0, 0.05) is 31.2 Å². The highest BCUT2D eigenvalue weighted by Gasteiger charge is 2.36. The van der Waals surface area contributed by atoms with Crippen LogP contribution in [0.1, 0.15) is 43.6 Å². The number of rotatable bonds is 16. The van der Waals surface area contributed by atoms with E-state index in [4.69, 9.17) is 27.5 Å². The van der Waals surface area contributed by atoms with Crippen LogP contribution in [0.25, 0.3) is 11.0 Å². The molecule has 1 heterocycles. The summed E-state index contributed by atoms with van der Waals surface area (Å²) in [7, 11) is -0.707. The van der Waals surface area contributed by atoms with Crippen molar-refractivity contribution in [3.05, 3.63) is 70.1 Å². The van der Waals surface area contributed by atoms with E-state index in [1.807, 2.05) is 38.1 Å². The molecule has 0 fully saturated rings. The third-order valence-electron chi connectivity index (χ3n) is 6.08. The van der Waals surface area contributed by atoms with Gasteiger partial charge in [0.15, 0.2) is 0 Å². The van der Waals surface area contributed by atoms with E-state index in [0.29, 0.717) is 43.1 Å². The lowest BCUT2D eigenvalue weighted by Gasteiger charge is -2.31. The second-order valence-electron chi connectivity index (χ2n) is 9.33. The van der Waals surface area contributed by atoms with Crippen molar-refractivity contribution in [2.24, 2.45) is 0 Å². The zero-order valence-corrected chi connectivity index (χ0v) is 24.4. The topological polar surface area (TPSA) is 105 Å². The Kier molecular flexibility index (Phi) is 11.5. The Bertz CT molecular complexity index is 1250. The molecule has 1 amide bonds. The van der Waals surface area contributed by atoms with E-state index in [1.54, 1.807) is 25.3 Å². The Morgan fingerprint density at radius 3 is 2.36 bits per heavy atom. The molecule has 0 aliphatic heterocycles. The summed E-state index contributed by atoms with van der Waals surface area (Å²) in [6, 6.07) is 16.2. The molecule has 39 heavy (non-hydrogen) atoms. The Balaban J connectivity index is 1.59. The minimum atomic E-state index is -2.29. The van der Waals surface area contributed by atoms with Crippen LogP contribution >= 0.6 is 0 Å². The van der Waals surface area contributed by atoms with Gasteiger partial charge in [-0.2, -0.15) is 0 Å². The van der Waals surface area contributed by atoms with Gasteiger partial charge < -0.3 is 32.8 Å². The van der Waals surface area contributed by atoms with Gasteiger partial charge in [-0.05, 0) is 61.8 Å². The van der Waals surface area contributed by atoms with Gasteiger partial charge in [0.25, 0.3) is 5.91 Å². The minimum absolute atomic E-state index is 0.0626. The predicted molar refractivity (Wildman–Crippen MR) is 152 cm³/mol. The van der Waals surface area contributed by atoms with Crippen molar-refractivity contribution < 1.29 is 32.3 Å². The van der Waals surface area contributed by atoms with Gasteiger partial charge >= 0.3 is 14.2 Å². The lowest BCUT2D eigenvalue weighted by Crippen LogP contribution is -2.45. The van der Waals surface area contributed by atoms with E-state index in [1.165, 1.54) is 6.07 Å². The first-order valence-corrected chi connectivity index (χ1v) is 15.5. The van der Waals surface area contributed by atoms with Crippen LogP contribution in [0.2, 0.25) is 12.1 Å². The summed E-state index contributed by atoms with van der Waals surface area (Å²) in [5.74, 6) is 0.827. The number of amides is 1. The number of ether oxygens (including phenoxy) is 3. The maximum atomic E-state index is 12.4. The molecule has 2 aromatic carbocycles. The van der Waals surface area contributed by atoms with Gasteiger partial charge in [-0.1, -0.05) is 26.0 Å². The quantitative estimate of drug-likeness (QED) is 0.148. The summed E-state index contributed by atoms with van der Waals surface area (Å²) in [5.41, 5.74) is 0.527. The Hall–Kier alpha value is -3.18. The Morgan fingerprint density at radius 1 is 0.974 bits per heavy atom. The molecule has 3 aromatic rings. The van der Waals surface area contributed by atoms with Crippen LogP contribution in [0, 0.1) is 0 Å². The van der Waals surface area contributed by atoms with Crippen molar-refractivity contribution in [1.82, 2.24) is 5.32 Å². The molecular formula is C29H39NO8Si. The average molecular weight is 558 g/mol. The zero-order valence-electron chi connectivity index (χ0n) is 23.4. The van der Waals surface area contributed by atoms with E-state index in [9.17, 15) is 9.59 Å². The van der Waals surface area contributed by atoms with Crippen LogP contribution in [-0.4, -0.2) is 54.0 Å². The Labute approximate surface area is 230 Å². The van der Waals surface area contributed by atoms with Crippen LogP contribution in [0.4, 0.5) is 0 Å². The second kappa shape index (κ2) is 14.8. The maximum Gasteiger partial charge on any atom is 0.398 e. The third kappa shape index (κ3) is 8.93. The van der Waals surface area contributed by atoms with Crippen LogP contribution in [-0.2, 0) is 20.5 Å². The van der Waals surface area contributed by atoms with Gasteiger partial charge in [-0.25, -0.2) is 4.79 Å². The SMILES string of the molecule is CC[Si](CC)(Oc1ccc(COc2ccc3cc(C(=O)NCCOCCOC)c(=O)oc3c2)cc1)OC(C)C. The molecule has 1 aromatic heterocycles. The van der Waals surface area contributed by atoms with E-state index >= 15 is 0 Å². The summed E-state index contributed by atoms with van der Waals surface area (Å²) < 4.78 is 34.1. The molecular weight excluding hydrogens is 518 g/mol. The molecule has 9 nitrogen and oxygen atoms in total. The van der Waals surface area contributed by atoms with E-state index in [0.717, 1.165) is 23.4 Å². The third-order valence-corrected chi connectivity index (χ3v) is 9.74. The van der Waals surface area contributed by atoms with Gasteiger partial charge in [0.05, 0.1) is 19.8 Å². The molecule has 0 radical (unpaired) electrons. The number of nitrogens with one attached hydrogen (secondary N) is 1. The first-order valence-electron chi connectivity index (χ1n) is 13.3. The summed E-state index contributed by atoms with van der Waals surface area (Å²) in [6.07, 6.45) is 0.121. The molecule has 0 bridgehead atoms. The van der Waals surface area contributed by atoms with Crippen LogP contribution in [0.15, 0.2) is 57.7 Å². The minimum Gasteiger partial charge on any atom is -0.520 e. The van der Waals surface area contributed by atoms with Gasteiger partial charge in [0.1, 0.15) is 29.3 Å². The monoisotopic (exact) mass is 557 g/mol. The van der Waals surface area contributed by atoms with Crippen molar-refractivity contribution in [2.75, 3.05) is 33.5 Å². The molecule has 0 aliphatic rings. The number of hydrogen-bond donors (Lipinski definition) is 1. The predicted octanol–water partition coefficient (Wildman–Crippen LogP) is 5.05. The lowest BCUT2D eigenvalue weighted by molar-refractivity contribution is 0.0692. The summed E-state index contributed by atoms with van der Waals surface area (Å²) in [4.78, 5) is 24.9. The number of carbonyl (C=O) groups is 1. The average Bonchev–Trinajstić information content (AvgIpc) is 2.93. The number of hydrogen-bond acceptors (Lipinski definition) is 8. The van der Waals surface area contributed by atoms with E-state index in [2.05, 4.69) is 19.2 Å². The van der Waals surface area contributed by atoms with Gasteiger partial charge in [-0.15, -0.1) is 0 Å². The normalized spacial score (nSPS) is 11.6. The van der Waals surface area contributed by atoms with Crippen LogP contribution < -0.4 is 20.1 Å². The highest BCUT2D eigenvalue weighted by molar-refractivity contribution is 6.68. The van der Waals surface area contributed by atoms with Crippen molar-refractivity contribution >= 4 is 25.4 Å². The van der Waals surface area contributed by atoms with Gasteiger partial charge in [-0.3, -0.25) is 4.79 Å². The molecule has 0 atom stereocenters. The van der Waals surface area contributed by atoms with E-state index < -0.39 is 20.1 Å². The molecule has 1 N–H and O–H groups in total. The van der Waals surface area contributed by atoms with Crippen LogP contribution in [0.5, 0.6) is 11.5 Å². The number of benzene rings is 2. The summed E-state index contributed by atoms with van der Waals surface area (Å²) >= 11 is 0. The second-order valence-corrected chi connectivity index (χ2v) is 13.0. The molecule has 3 rings (SSSR count). The molecule has 0 unspecified atom stereocenters.